The maximum Gasteiger partial charge on any atom is 0.280 e. The predicted molar refractivity (Wildman–Crippen MR) is 97.1 cm³/mol. The molecule has 4 heterocycles. The predicted octanol–water partition coefficient (Wildman–Crippen LogP) is 2.67. The average Bonchev–Trinajstić information content (AvgIpc) is 3.41. The van der Waals surface area contributed by atoms with Crippen LogP contribution in [0, 0.1) is 0 Å². The topological polar surface area (TPSA) is 101 Å². The molecule has 0 N–H and O–H groups in total. The fourth-order valence-electron chi connectivity index (χ4n) is 3.14. The van der Waals surface area contributed by atoms with E-state index in [2.05, 4.69) is 25.4 Å². The van der Waals surface area contributed by atoms with E-state index in [-0.39, 0.29) is 6.10 Å². The molecule has 3 aromatic heterocycles. The minimum Gasteiger partial charge on any atom is -0.497 e. The smallest absolute Gasteiger partial charge is 0.280 e. The number of benzene rings is 1. The summed E-state index contributed by atoms with van der Waals surface area (Å²) in [6.45, 7) is 0.909. The van der Waals surface area contributed by atoms with Crippen molar-refractivity contribution >= 4 is 0 Å². The molecule has 4 aromatic rings. The summed E-state index contributed by atoms with van der Waals surface area (Å²) >= 11 is 0. The highest BCUT2D eigenvalue weighted by Gasteiger charge is 2.28. The van der Waals surface area contributed by atoms with Crippen LogP contribution in [-0.2, 0) is 17.9 Å². The molecule has 1 aliphatic heterocycles. The number of ether oxygens (including phenoxy) is 2. The van der Waals surface area contributed by atoms with E-state index in [9.17, 15) is 0 Å². The van der Waals surface area contributed by atoms with E-state index in [1.165, 1.54) is 0 Å². The molecule has 0 spiro atoms. The van der Waals surface area contributed by atoms with E-state index in [1.807, 2.05) is 41.1 Å². The van der Waals surface area contributed by atoms with Crippen molar-refractivity contribution < 1.29 is 14.0 Å². The SMILES string of the molecule is COc1ccc([C@H]2Cn3nnc(-c4nc(-c5ccncc5)no4)c3CO2)cc1. The summed E-state index contributed by atoms with van der Waals surface area (Å²) in [4.78, 5) is 8.43. The largest absolute Gasteiger partial charge is 0.497 e. The summed E-state index contributed by atoms with van der Waals surface area (Å²) in [7, 11) is 1.65. The number of nitrogens with zero attached hydrogens (tertiary/aromatic N) is 6. The Morgan fingerprint density at radius 1 is 1.11 bits per heavy atom. The summed E-state index contributed by atoms with van der Waals surface area (Å²) in [5.41, 5.74) is 3.23. The third kappa shape index (κ3) is 2.91. The average molecular weight is 376 g/mol. The van der Waals surface area contributed by atoms with E-state index in [4.69, 9.17) is 14.0 Å². The molecule has 5 rings (SSSR count). The second kappa shape index (κ2) is 6.86. The molecule has 28 heavy (non-hydrogen) atoms. The number of hydrogen-bond acceptors (Lipinski definition) is 8. The molecule has 0 aliphatic carbocycles. The molecule has 0 fully saturated rings. The standard InChI is InChI=1S/C19H16N6O3/c1-26-14-4-2-12(3-5-14)16-10-25-15(11-27-16)17(22-24-25)19-21-18(23-28-19)13-6-8-20-9-7-13/h2-9,16H,10-11H2,1H3/t16-/m1/s1. The fraction of sp³-hybridized carbons (Fsp3) is 0.211. The zero-order chi connectivity index (χ0) is 18.9. The Kier molecular flexibility index (Phi) is 4.06. The molecule has 0 saturated heterocycles. The molecule has 0 amide bonds. The molecule has 0 saturated carbocycles. The molecule has 0 unspecified atom stereocenters. The monoisotopic (exact) mass is 376 g/mol. The van der Waals surface area contributed by atoms with Gasteiger partial charge in [0, 0.05) is 18.0 Å². The van der Waals surface area contributed by atoms with E-state index in [1.54, 1.807) is 19.5 Å². The normalized spacial score (nSPS) is 16.0. The first-order chi connectivity index (χ1) is 13.8. The lowest BCUT2D eigenvalue weighted by molar-refractivity contribution is -0.00119. The van der Waals surface area contributed by atoms with Gasteiger partial charge >= 0.3 is 0 Å². The highest BCUT2D eigenvalue weighted by molar-refractivity contribution is 5.58. The first-order valence-electron chi connectivity index (χ1n) is 8.74. The third-order valence-corrected chi connectivity index (χ3v) is 4.65. The highest BCUT2D eigenvalue weighted by atomic mass is 16.5. The maximum absolute atomic E-state index is 6.04. The van der Waals surface area contributed by atoms with Gasteiger partial charge in [-0.05, 0) is 29.8 Å². The zero-order valence-electron chi connectivity index (χ0n) is 15.0. The highest BCUT2D eigenvalue weighted by Crippen LogP contribution is 2.31. The number of hydrogen-bond donors (Lipinski definition) is 0. The van der Waals surface area contributed by atoms with Crippen LogP contribution in [0.3, 0.4) is 0 Å². The Morgan fingerprint density at radius 3 is 2.71 bits per heavy atom. The summed E-state index contributed by atoms with van der Waals surface area (Å²) in [5.74, 6) is 1.61. The summed E-state index contributed by atoms with van der Waals surface area (Å²) in [6, 6.07) is 11.5. The number of rotatable bonds is 4. The van der Waals surface area contributed by atoms with Gasteiger partial charge < -0.3 is 14.0 Å². The quantitative estimate of drug-likeness (QED) is 0.536. The van der Waals surface area contributed by atoms with Gasteiger partial charge in [-0.2, -0.15) is 4.98 Å². The third-order valence-electron chi connectivity index (χ3n) is 4.65. The van der Waals surface area contributed by atoms with Gasteiger partial charge in [0.2, 0.25) is 5.82 Å². The Labute approximate surface area is 159 Å². The minimum atomic E-state index is -0.108. The van der Waals surface area contributed by atoms with Crippen molar-refractivity contribution in [3.05, 3.63) is 60.0 Å². The summed E-state index contributed by atoms with van der Waals surface area (Å²) in [6.07, 6.45) is 3.25. The lowest BCUT2D eigenvalue weighted by Gasteiger charge is -2.24. The van der Waals surface area contributed by atoms with Gasteiger partial charge in [0.05, 0.1) is 26.0 Å². The molecule has 9 heteroatoms. The van der Waals surface area contributed by atoms with Crippen LogP contribution in [0.4, 0.5) is 0 Å². The lowest BCUT2D eigenvalue weighted by atomic mass is 10.1. The van der Waals surface area contributed by atoms with Crippen LogP contribution < -0.4 is 4.74 Å². The molecule has 1 aliphatic rings. The van der Waals surface area contributed by atoms with Crippen LogP contribution in [0.2, 0.25) is 0 Å². The van der Waals surface area contributed by atoms with Crippen molar-refractivity contribution in [1.82, 2.24) is 30.1 Å². The molecular formula is C19H16N6O3. The van der Waals surface area contributed by atoms with Crippen molar-refractivity contribution in [1.29, 1.82) is 0 Å². The van der Waals surface area contributed by atoms with E-state index >= 15 is 0 Å². The van der Waals surface area contributed by atoms with Crippen molar-refractivity contribution in [2.24, 2.45) is 0 Å². The van der Waals surface area contributed by atoms with Crippen LogP contribution >= 0.6 is 0 Å². The van der Waals surface area contributed by atoms with Crippen molar-refractivity contribution in [2.75, 3.05) is 7.11 Å². The van der Waals surface area contributed by atoms with Crippen LogP contribution in [-0.4, -0.2) is 37.2 Å². The van der Waals surface area contributed by atoms with Gasteiger partial charge in [-0.3, -0.25) is 4.98 Å². The van der Waals surface area contributed by atoms with Crippen LogP contribution in [0.5, 0.6) is 5.75 Å². The first kappa shape index (κ1) is 16.6. The molecular weight excluding hydrogens is 360 g/mol. The molecule has 140 valence electrons. The number of aromatic nitrogens is 6. The van der Waals surface area contributed by atoms with Crippen molar-refractivity contribution in [2.45, 2.75) is 19.3 Å². The van der Waals surface area contributed by atoms with Crippen LogP contribution in [0.25, 0.3) is 23.0 Å². The summed E-state index contributed by atoms with van der Waals surface area (Å²) in [5, 5.41) is 12.5. The van der Waals surface area contributed by atoms with Gasteiger partial charge in [-0.1, -0.05) is 22.5 Å². The van der Waals surface area contributed by atoms with Gasteiger partial charge in [0.25, 0.3) is 5.89 Å². The Balaban J connectivity index is 1.39. The van der Waals surface area contributed by atoms with E-state index in [0.717, 1.165) is 22.6 Å². The van der Waals surface area contributed by atoms with Crippen LogP contribution in [0.1, 0.15) is 17.4 Å². The summed E-state index contributed by atoms with van der Waals surface area (Å²) < 4.78 is 18.5. The Hall–Kier alpha value is -3.59. The van der Waals surface area contributed by atoms with E-state index in [0.29, 0.717) is 30.6 Å². The van der Waals surface area contributed by atoms with Gasteiger partial charge in [-0.25, -0.2) is 4.68 Å². The first-order valence-corrected chi connectivity index (χ1v) is 8.74. The lowest BCUT2D eigenvalue weighted by Crippen LogP contribution is -2.22. The second-order valence-corrected chi connectivity index (χ2v) is 6.30. The number of pyridine rings is 1. The fourth-order valence-corrected chi connectivity index (χ4v) is 3.14. The molecule has 1 aromatic carbocycles. The molecule has 0 radical (unpaired) electrons. The molecule has 1 atom stereocenters. The minimum absolute atomic E-state index is 0.108. The van der Waals surface area contributed by atoms with Crippen molar-refractivity contribution in [3.63, 3.8) is 0 Å². The molecule has 0 bridgehead atoms. The van der Waals surface area contributed by atoms with E-state index < -0.39 is 0 Å². The Bertz CT molecular complexity index is 1090. The van der Waals surface area contributed by atoms with Gasteiger partial charge in [-0.15, -0.1) is 5.10 Å². The van der Waals surface area contributed by atoms with Crippen LogP contribution in [0.15, 0.2) is 53.3 Å². The van der Waals surface area contributed by atoms with Gasteiger partial charge in [0.15, 0.2) is 5.69 Å². The molecule has 9 nitrogen and oxygen atoms in total. The Morgan fingerprint density at radius 2 is 1.93 bits per heavy atom. The zero-order valence-corrected chi connectivity index (χ0v) is 15.0. The number of fused-ring (bicyclic) bond motifs is 1. The second-order valence-electron chi connectivity index (χ2n) is 6.30. The number of methoxy groups -OCH3 is 1. The van der Waals surface area contributed by atoms with Gasteiger partial charge in [0.1, 0.15) is 11.9 Å². The maximum atomic E-state index is 6.04. The van der Waals surface area contributed by atoms with Crippen molar-refractivity contribution in [3.8, 4) is 28.7 Å².